The van der Waals surface area contributed by atoms with Gasteiger partial charge in [-0.25, -0.2) is 4.98 Å². The van der Waals surface area contributed by atoms with Crippen LogP contribution in [0.25, 0.3) is 0 Å². The van der Waals surface area contributed by atoms with Crippen LogP contribution in [0.5, 0.6) is 0 Å². The standard InChI is InChI=1S/C24H29N7O2/c1-13-15(3-6-22(26-13)30-10-18-19(11-30)20(18)12-32)8-31-9-16(7-25-31)24(33)27-21-5-4-17-14(2)28-29-23(17)21/h3,6-7,9,18-21,32H,4-5,8,10-12H2,1-2H3,(H,27,33)(H,28,29)/t18-,19+,20?,21-/m1/s1. The van der Waals surface area contributed by atoms with Gasteiger partial charge in [0, 0.05) is 37.3 Å². The SMILES string of the molecule is Cc1nc(N2C[C@@H]3C(CO)[C@@H]3C2)ccc1Cn1cc(C(=O)N[C@@H]2CCc3c2n[nH]c3C)cn1. The number of hydrogen-bond acceptors (Lipinski definition) is 6. The fourth-order valence-electron chi connectivity index (χ4n) is 5.65. The Kier molecular flexibility index (Phi) is 4.76. The van der Waals surface area contributed by atoms with Crippen molar-refractivity contribution in [1.29, 1.82) is 0 Å². The first-order valence-corrected chi connectivity index (χ1v) is 11.7. The van der Waals surface area contributed by atoms with Crippen LogP contribution in [0.3, 0.4) is 0 Å². The number of carbonyl (C=O) groups excluding carboxylic acids is 1. The van der Waals surface area contributed by atoms with Gasteiger partial charge in [0.05, 0.1) is 30.0 Å². The van der Waals surface area contributed by atoms with Crippen molar-refractivity contribution in [3.8, 4) is 0 Å². The van der Waals surface area contributed by atoms with E-state index in [0.29, 0.717) is 36.5 Å². The normalized spacial score (nSPS) is 25.2. The number of fused-ring (bicyclic) bond motifs is 2. The number of aryl methyl sites for hydroxylation is 2. The minimum atomic E-state index is -0.126. The molecule has 6 rings (SSSR count). The molecule has 2 aliphatic carbocycles. The van der Waals surface area contributed by atoms with Crippen molar-refractivity contribution in [3.05, 3.63) is 58.3 Å². The van der Waals surface area contributed by atoms with Crippen LogP contribution < -0.4 is 10.2 Å². The van der Waals surface area contributed by atoms with Gasteiger partial charge in [0.15, 0.2) is 0 Å². The molecular formula is C24H29N7O2. The van der Waals surface area contributed by atoms with Gasteiger partial charge in [0.1, 0.15) is 5.82 Å². The number of aliphatic hydroxyl groups excluding tert-OH is 1. The summed E-state index contributed by atoms with van der Waals surface area (Å²) >= 11 is 0. The van der Waals surface area contributed by atoms with E-state index in [2.05, 4.69) is 37.6 Å². The Balaban J connectivity index is 1.09. The van der Waals surface area contributed by atoms with Crippen molar-refractivity contribution < 1.29 is 9.90 Å². The molecule has 33 heavy (non-hydrogen) atoms. The molecule has 1 aliphatic heterocycles. The maximum atomic E-state index is 12.8. The third-order valence-electron chi connectivity index (χ3n) is 7.74. The van der Waals surface area contributed by atoms with Gasteiger partial charge in [-0.3, -0.25) is 14.6 Å². The van der Waals surface area contributed by atoms with E-state index in [0.717, 1.165) is 54.4 Å². The Morgan fingerprint density at radius 1 is 1.27 bits per heavy atom. The van der Waals surface area contributed by atoms with Gasteiger partial charge in [-0.2, -0.15) is 10.2 Å². The molecule has 0 aromatic carbocycles. The van der Waals surface area contributed by atoms with Crippen LogP contribution >= 0.6 is 0 Å². The number of nitrogens with one attached hydrogen (secondary N) is 2. The summed E-state index contributed by atoms with van der Waals surface area (Å²) in [6, 6.07) is 4.12. The van der Waals surface area contributed by atoms with Gasteiger partial charge < -0.3 is 15.3 Å². The van der Waals surface area contributed by atoms with E-state index in [9.17, 15) is 9.90 Å². The van der Waals surface area contributed by atoms with Gasteiger partial charge in [-0.05, 0) is 61.6 Å². The molecule has 4 heterocycles. The zero-order valence-corrected chi connectivity index (χ0v) is 19.0. The summed E-state index contributed by atoms with van der Waals surface area (Å²) in [7, 11) is 0. The predicted molar refractivity (Wildman–Crippen MR) is 122 cm³/mol. The number of hydrogen-bond donors (Lipinski definition) is 3. The second kappa shape index (κ2) is 7.69. The van der Waals surface area contributed by atoms with Gasteiger partial charge in [0.25, 0.3) is 5.91 Å². The fraction of sp³-hybridized carbons (Fsp3) is 0.500. The number of H-pyrrole nitrogens is 1. The quantitative estimate of drug-likeness (QED) is 0.531. The Morgan fingerprint density at radius 3 is 2.85 bits per heavy atom. The molecule has 172 valence electrons. The Morgan fingerprint density at radius 2 is 2.09 bits per heavy atom. The van der Waals surface area contributed by atoms with Crippen LogP contribution in [-0.2, 0) is 13.0 Å². The number of pyridine rings is 1. The number of nitrogens with zero attached hydrogens (tertiary/aromatic N) is 5. The van der Waals surface area contributed by atoms with E-state index < -0.39 is 0 Å². The smallest absolute Gasteiger partial charge is 0.255 e. The molecule has 3 aliphatic rings. The van der Waals surface area contributed by atoms with Gasteiger partial charge >= 0.3 is 0 Å². The molecule has 1 saturated carbocycles. The molecule has 0 radical (unpaired) electrons. The molecule has 3 aromatic heterocycles. The molecule has 2 fully saturated rings. The number of aromatic amines is 1. The van der Waals surface area contributed by atoms with Crippen LogP contribution in [-0.4, -0.2) is 55.7 Å². The molecule has 1 amide bonds. The number of anilines is 1. The highest BCUT2D eigenvalue weighted by Crippen LogP contribution is 2.51. The summed E-state index contributed by atoms with van der Waals surface area (Å²) in [5.74, 6) is 2.62. The molecule has 1 saturated heterocycles. The lowest BCUT2D eigenvalue weighted by Crippen LogP contribution is -2.27. The van der Waals surface area contributed by atoms with Gasteiger partial charge in [-0.15, -0.1) is 0 Å². The van der Waals surface area contributed by atoms with Crippen LogP contribution in [0, 0.1) is 31.6 Å². The summed E-state index contributed by atoms with van der Waals surface area (Å²) < 4.78 is 1.79. The third-order valence-corrected chi connectivity index (χ3v) is 7.74. The molecular weight excluding hydrogens is 418 g/mol. The van der Waals surface area contributed by atoms with E-state index in [4.69, 9.17) is 4.98 Å². The minimum Gasteiger partial charge on any atom is -0.396 e. The van der Waals surface area contributed by atoms with Crippen LogP contribution in [0.2, 0.25) is 0 Å². The number of aromatic nitrogens is 5. The summed E-state index contributed by atoms with van der Waals surface area (Å²) in [6.45, 7) is 6.88. The fourth-order valence-corrected chi connectivity index (χ4v) is 5.65. The molecule has 9 nitrogen and oxygen atoms in total. The van der Waals surface area contributed by atoms with Crippen molar-refractivity contribution in [3.63, 3.8) is 0 Å². The lowest BCUT2D eigenvalue weighted by molar-refractivity contribution is 0.0935. The zero-order chi connectivity index (χ0) is 22.7. The summed E-state index contributed by atoms with van der Waals surface area (Å²) in [4.78, 5) is 19.9. The maximum Gasteiger partial charge on any atom is 0.255 e. The number of aliphatic hydroxyl groups is 1. The molecule has 0 spiro atoms. The maximum absolute atomic E-state index is 12.8. The molecule has 3 N–H and O–H groups in total. The highest BCUT2D eigenvalue weighted by molar-refractivity contribution is 5.94. The largest absolute Gasteiger partial charge is 0.396 e. The zero-order valence-electron chi connectivity index (χ0n) is 19.0. The van der Waals surface area contributed by atoms with Crippen molar-refractivity contribution in [2.75, 3.05) is 24.6 Å². The minimum absolute atomic E-state index is 0.0518. The third kappa shape index (κ3) is 3.51. The molecule has 0 bridgehead atoms. The monoisotopic (exact) mass is 447 g/mol. The Hall–Kier alpha value is -3.20. The Bertz CT molecular complexity index is 1200. The topological polar surface area (TPSA) is 112 Å². The second-order valence-corrected chi connectivity index (χ2v) is 9.70. The van der Waals surface area contributed by atoms with Crippen LogP contribution in [0.4, 0.5) is 5.82 Å². The second-order valence-electron chi connectivity index (χ2n) is 9.70. The van der Waals surface area contributed by atoms with Gasteiger partial charge in [0.2, 0.25) is 0 Å². The summed E-state index contributed by atoms with van der Waals surface area (Å²) in [5, 5.41) is 24.2. The molecule has 3 aromatic rings. The van der Waals surface area contributed by atoms with E-state index in [-0.39, 0.29) is 11.9 Å². The molecule has 9 heteroatoms. The van der Waals surface area contributed by atoms with Gasteiger partial charge in [-0.1, -0.05) is 6.07 Å². The van der Waals surface area contributed by atoms with E-state index >= 15 is 0 Å². The first-order chi connectivity index (χ1) is 16.0. The van der Waals surface area contributed by atoms with Crippen molar-refractivity contribution in [2.45, 2.75) is 39.3 Å². The number of carbonyl (C=O) groups is 1. The lowest BCUT2D eigenvalue weighted by Gasteiger charge is -2.21. The number of piperidine rings is 1. The van der Waals surface area contributed by atoms with Crippen LogP contribution in [0.15, 0.2) is 24.5 Å². The molecule has 4 atom stereocenters. The highest BCUT2D eigenvalue weighted by atomic mass is 16.3. The first kappa shape index (κ1) is 20.4. The number of rotatable bonds is 6. The molecule has 1 unspecified atom stereocenters. The average Bonchev–Trinajstić information content (AvgIpc) is 3.36. The average molecular weight is 448 g/mol. The summed E-state index contributed by atoms with van der Waals surface area (Å²) in [6.07, 6.45) is 5.22. The van der Waals surface area contributed by atoms with E-state index in [1.807, 2.05) is 13.8 Å². The highest BCUT2D eigenvalue weighted by Gasteiger charge is 2.55. The first-order valence-electron chi connectivity index (χ1n) is 11.7. The van der Waals surface area contributed by atoms with E-state index in [1.54, 1.807) is 17.1 Å². The lowest BCUT2D eigenvalue weighted by atomic mass is 10.2. The van der Waals surface area contributed by atoms with Crippen molar-refractivity contribution in [2.24, 2.45) is 17.8 Å². The number of amides is 1. The Labute approximate surface area is 192 Å². The summed E-state index contributed by atoms with van der Waals surface area (Å²) in [5.41, 5.74) is 5.87. The van der Waals surface area contributed by atoms with Crippen molar-refractivity contribution in [1.82, 2.24) is 30.3 Å². The van der Waals surface area contributed by atoms with E-state index in [1.165, 1.54) is 5.56 Å². The predicted octanol–water partition coefficient (Wildman–Crippen LogP) is 1.76. The van der Waals surface area contributed by atoms with Crippen LogP contribution in [0.1, 0.15) is 51.0 Å². The van der Waals surface area contributed by atoms with Crippen molar-refractivity contribution >= 4 is 11.7 Å².